The van der Waals surface area contributed by atoms with Crippen LogP contribution in [0.4, 0.5) is 4.39 Å². The molecule has 2 rings (SSSR count). The first-order chi connectivity index (χ1) is 9.02. The molecule has 2 aromatic carbocycles. The van der Waals surface area contributed by atoms with Gasteiger partial charge in [-0.05, 0) is 48.9 Å². The Balaban J connectivity index is 2.49. The lowest BCUT2D eigenvalue weighted by Gasteiger charge is -2.09. The van der Waals surface area contributed by atoms with Gasteiger partial charge in [-0.3, -0.25) is 4.79 Å². The van der Waals surface area contributed by atoms with Crippen LogP contribution in [0.25, 0.3) is 0 Å². The van der Waals surface area contributed by atoms with Gasteiger partial charge in [0.05, 0.1) is 12.7 Å². The molecular weight excluding hydrogens is 311 g/mol. The fourth-order valence-electron chi connectivity index (χ4n) is 1.80. The average molecular weight is 323 g/mol. The number of aryl methyl sites for hydroxylation is 1. The topological polar surface area (TPSA) is 26.3 Å². The van der Waals surface area contributed by atoms with Crippen molar-refractivity contribution in [2.75, 3.05) is 7.11 Å². The Morgan fingerprint density at radius 1 is 1.21 bits per heavy atom. The summed E-state index contributed by atoms with van der Waals surface area (Å²) in [5.41, 5.74) is 1.33. The van der Waals surface area contributed by atoms with Crippen molar-refractivity contribution in [3.05, 3.63) is 63.4 Å². The number of hydrogen-bond acceptors (Lipinski definition) is 2. The maximum absolute atomic E-state index is 13.2. The number of ether oxygens (including phenoxy) is 1. The van der Waals surface area contributed by atoms with Crippen molar-refractivity contribution in [3.8, 4) is 5.75 Å². The smallest absolute Gasteiger partial charge is 0.196 e. The molecule has 0 atom stereocenters. The molecule has 0 unspecified atom stereocenters. The summed E-state index contributed by atoms with van der Waals surface area (Å²) in [7, 11) is 1.51. The van der Waals surface area contributed by atoms with Gasteiger partial charge in [0.2, 0.25) is 0 Å². The van der Waals surface area contributed by atoms with Gasteiger partial charge in [-0.15, -0.1) is 0 Å². The second-order valence-corrected chi connectivity index (χ2v) is 5.05. The zero-order valence-electron chi connectivity index (χ0n) is 10.5. The molecule has 0 aliphatic carbocycles. The molecule has 2 nitrogen and oxygen atoms in total. The Morgan fingerprint density at radius 3 is 2.58 bits per heavy atom. The number of methoxy groups -OCH3 is 1. The van der Waals surface area contributed by atoms with Gasteiger partial charge in [0.1, 0.15) is 11.6 Å². The summed E-state index contributed by atoms with van der Waals surface area (Å²) < 4.78 is 19.2. The number of rotatable bonds is 3. The summed E-state index contributed by atoms with van der Waals surface area (Å²) in [4.78, 5) is 12.4. The van der Waals surface area contributed by atoms with Crippen molar-refractivity contribution in [3.63, 3.8) is 0 Å². The molecule has 2 aromatic rings. The molecule has 0 bridgehead atoms. The Morgan fingerprint density at radius 2 is 1.95 bits per heavy atom. The number of carbonyl (C=O) groups is 1. The zero-order chi connectivity index (χ0) is 14.0. The fraction of sp³-hybridized carbons (Fsp3) is 0.133. The maximum Gasteiger partial charge on any atom is 0.196 e. The fourth-order valence-corrected chi connectivity index (χ4v) is 2.16. The normalized spacial score (nSPS) is 10.3. The molecule has 0 spiro atoms. The lowest BCUT2D eigenvalue weighted by molar-refractivity contribution is 0.103. The maximum atomic E-state index is 13.2. The molecule has 0 amide bonds. The van der Waals surface area contributed by atoms with Crippen LogP contribution in [0.15, 0.2) is 40.9 Å². The van der Waals surface area contributed by atoms with Gasteiger partial charge < -0.3 is 4.74 Å². The van der Waals surface area contributed by atoms with Crippen molar-refractivity contribution < 1.29 is 13.9 Å². The van der Waals surface area contributed by atoms with Crippen LogP contribution in [0.3, 0.4) is 0 Å². The Hall–Kier alpha value is -1.68. The van der Waals surface area contributed by atoms with Gasteiger partial charge in [-0.25, -0.2) is 4.39 Å². The molecule has 98 valence electrons. The van der Waals surface area contributed by atoms with E-state index in [1.807, 2.05) is 0 Å². The van der Waals surface area contributed by atoms with E-state index in [2.05, 4.69) is 15.9 Å². The van der Waals surface area contributed by atoms with E-state index >= 15 is 0 Å². The number of benzene rings is 2. The van der Waals surface area contributed by atoms with Crippen LogP contribution >= 0.6 is 15.9 Å². The molecule has 0 saturated carbocycles. The summed E-state index contributed by atoms with van der Waals surface area (Å²) >= 11 is 3.32. The third-order valence-corrected chi connectivity index (χ3v) is 3.32. The molecule has 0 N–H and O–H groups in total. The summed E-state index contributed by atoms with van der Waals surface area (Å²) in [6.45, 7) is 1.63. The van der Waals surface area contributed by atoms with E-state index < -0.39 is 0 Å². The highest BCUT2D eigenvalue weighted by Gasteiger charge is 2.15. The molecule has 0 aliphatic heterocycles. The number of halogens is 2. The molecule has 0 aliphatic rings. The molecule has 4 heteroatoms. The van der Waals surface area contributed by atoms with Crippen LogP contribution in [-0.2, 0) is 0 Å². The SMILES string of the molecule is COc1ccc(Br)cc1C(=O)c1ccc(F)c(C)c1. The summed E-state index contributed by atoms with van der Waals surface area (Å²) in [6.07, 6.45) is 0. The first-order valence-corrected chi connectivity index (χ1v) is 6.46. The number of carbonyl (C=O) groups excluding carboxylic acids is 1. The standard InChI is InChI=1S/C15H12BrFO2/c1-9-7-10(3-5-13(9)17)15(18)12-8-11(16)4-6-14(12)19-2/h3-8H,1-2H3. The second kappa shape index (κ2) is 5.53. The summed E-state index contributed by atoms with van der Waals surface area (Å²) in [5, 5.41) is 0. The van der Waals surface area contributed by atoms with Gasteiger partial charge in [0.15, 0.2) is 5.78 Å². The van der Waals surface area contributed by atoms with Crippen molar-refractivity contribution in [2.24, 2.45) is 0 Å². The zero-order valence-corrected chi connectivity index (χ0v) is 12.1. The van der Waals surface area contributed by atoms with Crippen LogP contribution in [0, 0.1) is 12.7 Å². The highest BCUT2D eigenvalue weighted by atomic mass is 79.9. The van der Waals surface area contributed by atoms with Crippen LogP contribution in [0.2, 0.25) is 0 Å². The van der Waals surface area contributed by atoms with Crippen molar-refractivity contribution in [1.29, 1.82) is 0 Å². The van der Waals surface area contributed by atoms with Gasteiger partial charge in [-0.1, -0.05) is 15.9 Å². The van der Waals surface area contributed by atoms with E-state index in [9.17, 15) is 9.18 Å². The molecular formula is C15H12BrFO2. The minimum atomic E-state index is -0.322. The highest BCUT2D eigenvalue weighted by molar-refractivity contribution is 9.10. The van der Waals surface area contributed by atoms with Crippen molar-refractivity contribution in [1.82, 2.24) is 0 Å². The van der Waals surface area contributed by atoms with E-state index in [-0.39, 0.29) is 11.6 Å². The predicted octanol–water partition coefficient (Wildman–Crippen LogP) is 4.14. The third-order valence-electron chi connectivity index (χ3n) is 2.83. The molecule has 0 heterocycles. The van der Waals surface area contributed by atoms with E-state index in [0.717, 1.165) is 4.47 Å². The van der Waals surface area contributed by atoms with E-state index in [4.69, 9.17) is 4.74 Å². The second-order valence-electron chi connectivity index (χ2n) is 4.14. The van der Waals surface area contributed by atoms with Gasteiger partial charge in [-0.2, -0.15) is 0 Å². The summed E-state index contributed by atoms with van der Waals surface area (Å²) in [5.74, 6) is -0.0193. The van der Waals surface area contributed by atoms with Gasteiger partial charge >= 0.3 is 0 Å². The molecule has 0 fully saturated rings. The third kappa shape index (κ3) is 2.84. The monoisotopic (exact) mass is 322 g/mol. The van der Waals surface area contributed by atoms with E-state index in [0.29, 0.717) is 22.4 Å². The van der Waals surface area contributed by atoms with Crippen LogP contribution in [0.5, 0.6) is 5.75 Å². The van der Waals surface area contributed by atoms with Crippen LogP contribution < -0.4 is 4.74 Å². The molecule has 19 heavy (non-hydrogen) atoms. The molecule has 0 saturated heterocycles. The van der Waals surface area contributed by atoms with Crippen LogP contribution in [0.1, 0.15) is 21.5 Å². The van der Waals surface area contributed by atoms with Gasteiger partial charge in [0, 0.05) is 10.0 Å². The van der Waals surface area contributed by atoms with Crippen LogP contribution in [-0.4, -0.2) is 12.9 Å². The van der Waals surface area contributed by atoms with Gasteiger partial charge in [0.25, 0.3) is 0 Å². The Labute approximate surface area is 119 Å². The highest BCUT2D eigenvalue weighted by Crippen LogP contribution is 2.26. The summed E-state index contributed by atoms with van der Waals surface area (Å²) in [6, 6.07) is 9.52. The Bertz CT molecular complexity index is 638. The number of hydrogen-bond donors (Lipinski definition) is 0. The Kier molecular flexibility index (Phi) is 4.00. The van der Waals surface area contributed by atoms with E-state index in [1.165, 1.54) is 25.3 Å². The molecule has 0 radical (unpaired) electrons. The first-order valence-electron chi connectivity index (χ1n) is 5.67. The van der Waals surface area contributed by atoms with Crippen molar-refractivity contribution >= 4 is 21.7 Å². The van der Waals surface area contributed by atoms with E-state index in [1.54, 1.807) is 25.1 Å². The lowest BCUT2D eigenvalue weighted by Crippen LogP contribution is -2.05. The predicted molar refractivity (Wildman–Crippen MR) is 75.3 cm³/mol. The number of ketones is 1. The minimum absolute atomic E-state index is 0.193. The quantitative estimate of drug-likeness (QED) is 0.794. The largest absolute Gasteiger partial charge is 0.496 e. The lowest BCUT2D eigenvalue weighted by atomic mass is 10.0. The first kappa shape index (κ1) is 13.7. The molecule has 0 aromatic heterocycles. The van der Waals surface area contributed by atoms with Crippen molar-refractivity contribution in [2.45, 2.75) is 6.92 Å². The minimum Gasteiger partial charge on any atom is -0.496 e. The average Bonchev–Trinajstić information content (AvgIpc) is 2.41.